The Morgan fingerprint density at radius 2 is 1.65 bits per heavy atom. The molecule has 0 aromatic carbocycles. The molecule has 2 N–H and O–H groups in total. The fourth-order valence-electron chi connectivity index (χ4n) is 4.02. The van der Waals surface area contributed by atoms with Crippen molar-refractivity contribution in [3.63, 3.8) is 0 Å². The number of nitrogens with zero attached hydrogens (tertiary/aromatic N) is 2. The van der Waals surface area contributed by atoms with E-state index in [-0.39, 0.29) is 0 Å². The van der Waals surface area contributed by atoms with E-state index in [1.807, 2.05) is 0 Å². The second kappa shape index (κ2) is 8.91. The van der Waals surface area contributed by atoms with E-state index in [1.165, 1.54) is 25.7 Å². The minimum Gasteiger partial charge on any atom is -0.394 e. The molecular weight excluding hydrogens is 286 g/mol. The fraction of sp³-hybridized carbons (Fsp3) is 0.947. The van der Waals surface area contributed by atoms with Crippen LogP contribution in [0.2, 0.25) is 0 Å². The molecule has 23 heavy (non-hydrogen) atoms. The van der Waals surface area contributed by atoms with E-state index in [2.05, 4.69) is 37.8 Å². The van der Waals surface area contributed by atoms with Gasteiger partial charge in [-0.15, -0.1) is 0 Å². The fourth-order valence-corrected chi connectivity index (χ4v) is 4.02. The molecule has 1 saturated heterocycles. The van der Waals surface area contributed by atoms with Crippen LogP contribution in [0, 0.1) is 23.7 Å². The quantitative estimate of drug-likeness (QED) is 0.459. The van der Waals surface area contributed by atoms with Gasteiger partial charge in [0, 0.05) is 12.0 Å². The molecular formula is C19H37N3O. The minimum absolute atomic E-state index is 0.404. The summed E-state index contributed by atoms with van der Waals surface area (Å²) in [5.41, 5.74) is 6.15. The number of likely N-dealkylation sites (tertiary alicyclic amines) is 1. The van der Waals surface area contributed by atoms with Crippen molar-refractivity contribution in [1.29, 1.82) is 0 Å². The number of nitrogens with two attached hydrogens (primary N) is 1. The normalized spacial score (nSPS) is 28.5. The molecule has 134 valence electrons. The van der Waals surface area contributed by atoms with Gasteiger partial charge >= 0.3 is 0 Å². The molecule has 1 aliphatic heterocycles. The summed E-state index contributed by atoms with van der Waals surface area (Å²) < 4.78 is 0. The van der Waals surface area contributed by atoms with Gasteiger partial charge in [0.15, 0.2) is 0 Å². The number of amidine groups is 1. The zero-order valence-corrected chi connectivity index (χ0v) is 15.6. The zero-order valence-electron chi connectivity index (χ0n) is 15.6. The lowest BCUT2D eigenvalue weighted by Crippen LogP contribution is -2.41. The van der Waals surface area contributed by atoms with Crippen molar-refractivity contribution < 1.29 is 4.84 Å². The Balaban J connectivity index is 1.66. The Morgan fingerprint density at radius 1 is 1.04 bits per heavy atom. The highest BCUT2D eigenvalue weighted by Gasteiger charge is 2.25. The number of piperidine rings is 1. The summed E-state index contributed by atoms with van der Waals surface area (Å²) in [6, 6.07) is 0.631. The summed E-state index contributed by atoms with van der Waals surface area (Å²) in [5, 5.41) is 4.24. The maximum atomic E-state index is 6.15. The molecule has 1 aliphatic carbocycles. The van der Waals surface area contributed by atoms with Crippen LogP contribution in [0.4, 0.5) is 0 Å². The SMILES string of the molecule is CC(C)C1CCC(CO/N=C(\N)C2CCN(C(C)C)CC2)CC1. The average molecular weight is 324 g/mol. The number of hydrogen-bond acceptors (Lipinski definition) is 3. The zero-order chi connectivity index (χ0) is 16.8. The first-order chi connectivity index (χ1) is 11.0. The lowest BCUT2D eigenvalue weighted by atomic mass is 9.77. The third kappa shape index (κ3) is 5.66. The van der Waals surface area contributed by atoms with Gasteiger partial charge in [0.25, 0.3) is 0 Å². The van der Waals surface area contributed by atoms with Crippen molar-refractivity contribution in [3.05, 3.63) is 0 Å². The van der Waals surface area contributed by atoms with Gasteiger partial charge in [-0.25, -0.2) is 0 Å². The van der Waals surface area contributed by atoms with Crippen molar-refractivity contribution in [1.82, 2.24) is 4.90 Å². The maximum Gasteiger partial charge on any atom is 0.142 e. The van der Waals surface area contributed by atoms with E-state index >= 15 is 0 Å². The van der Waals surface area contributed by atoms with Gasteiger partial charge < -0.3 is 15.5 Å². The third-order valence-electron chi connectivity index (χ3n) is 5.99. The second-order valence-corrected chi connectivity index (χ2v) is 8.24. The Hall–Kier alpha value is -0.770. The molecule has 0 radical (unpaired) electrons. The molecule has 2 rings (SSSR count). The maximum absolute atomic E-state index is 6.15. The minimum atomic E-state index is 0.404. The van der Waals surface area contributed by atoms with E-state index in [4.69, 9.17) is 10.6 Å². The molecule has 0 atom stereocenters. The number of rotatable bonds is 6. The molecule has 4 heteroatoms. The van der Waals surface area contributed by atoms with Crippen molar-refractivity contribution in [2.75, 3.05) is 19.7 Å². The Labute approximate surface area is 142 Å². The van der Waals surface area contributed by atoms with Crippen LogP contribution >= 0.6 is 0 Å². The molecule has 0 bridgehead atoms. The topological polar surface area (TPSA) is 50.9 Å². The van der Waals surface area contributed by atoms with Crippen LogP contribution in [0.1, 0.15) is 66.2 Å². The molecule has 0 spiro atoms. The molecule has 2 aliphatic rings. The molecule has 1 heterocycles. The monoisotopic (exact) mass is 323 g/mol. The van der Waals surface area contributed by atoms with Crippen LogP contribution < -0.4 is 5.73 Å². The van der Waals surface area contributed by atoms with Crippen LogP contribution in [0.3, 0.4) is 0 Å². The van der Waals surface area contributed by atoms with E-state index in [0.29, 0.717) is 23.7 Å². The third-order valence-corrected chi connectivity index (χ3v) is 5.99. The van der Waals surface area contributed by atoms with Crippen molar-refractivity contribution in [2.45, 2.75) is 72.3 Å². The molecule has 2 fully saturated rings. The van der Waals surface area contributed by atoms with Gasteiger partial charge in [0.05, 0.1) is 0 Å². The van der Waals surface area contributed by atoms with Crippen LogP contribution in [0.25, 0.3) is 0 Å². The smallest absolute Gasteiger partial charge is 0.142 e. The number of oxime groups is 1. The van der Waals surface area contributed by atoms with Gasteiger partial charge in [-0.1, -0.05) is 19.0 Å². The Kier molecular flexibility index (Phi) is 7.19. The molecule has 0 aromatic heterocycles. The first kappa shape index (κ1) is 18.6. The first-order valence-corrected chi connectivity index (χ1v) is 9.66. The summed E-state index contributed by atoms with van der Waals surface area (Å²) in [5.74, 6) is 3.52. The average Bonchev–Trinajstić information content (AvgIpc) is 2.55. The van der Waals surface area contributed by atoms with Crippen LogP contribution in [0.15, 0.2) is 5.16 Å². The van der Waals surface area contributed by atoms with Crippen LogP contribution in [-0.4, -0.2) is 36.5 Å². The predicted octanol–water partition coefficient (Wildman–Crippen LogP) is 3.86. The van der Waals surface area contributed by atoms with E-state index in [9.17, 15) is 0 Å². The van der Waals surface area contributed by atoms with E-state index in [0.717, 1.165) is 44.4 Å². The standard InChI is InChI=1S/C19H37N3O/c1-14(2)17-7-5-16(6-8-17)13-23-21-19(20)18-9-11-22(12-10-18)15(3)4/h14-18H,5-13H2,1-4H3,(H2,20,21). The second-order valence-electron chi connectivity index (χ2n) is 8.24. The summed E-state index contributed by atoms with van der Waals surface area (Å²) in [6.07, 6.45) is 7.47. The van der Waals surface area contributed by atoms with Crippen molar-refractivity contribution in [3.8, 4) is 0 Å². The van der Waals surface area contributed by atoms with Gasteiger partial charge in [0.1, 0.15) is 12.4 Å². The van der Waals surface area contributed by atoms with E-state index < -0.39 is 0 Å². The largest absolute Gasteiger partial charge is 0.394 e. The predicted molar refractivity (Wildman–Crippen MR) is 97.3 cm³/mol. The van der Waals surface area contributed by atoms with E-state index in [1.54, 1.807) is 0 Å². The Morgan fingerprint density at radius 3 is 2.17 bits per heavy atom. The molecule has 1 saturated carbocycles. The summed E-state index contributed by atoms with van der Waals surface area (Å²) in [4.78, 5) is 8.12. The van der Waals surface area contributed by atoms with Gasteiger partial charge in [-0.2, -0.15) is 0 Å². The first-order valence-electron chi connectivity index (χ1n) is 9.66. The molecule has 4 nitrogen and oxygen atoms in total. The molecule has 0 unspecified atom stereocenters. The van der Waals surface area contributed by atoms with Crippen molar-refractivity contribution in [2.24, 2.45) is 34.6 Å². The van der Waals surface area contributed by atoms with Gasteiger partial charge in [-0.3, -0.25) is 0 Å². The lowest BCUT2D eigenvalue weighted by molar-refractivity contribution is 0.0759. The molecule has 0 amide bonds. The highest BCUT2D eigenvalue weighted by atomic mass is 16.6. The summed E-state index contributed by atoms with van der Waals surface area (Å²) in [6.45, 7) is 12.2. The van der Waals surface area contributed by atoms with Gasteiger partial charge in [0.2, 0.25) is 0 Å². The lowest BCUT2D eigenvalue weighted by Gasteiger charge is -2.34. The Bertz CT molecular complexity index is 365. The summed E-state index contributed by atoms with van der Waals surface area (Å²) in [7, 11) is 0. The van der Waals surface area contributed by atoms with Crippen LogP contribution in [0.5, 0.6) is 0 Å². The van der Waals surface area contributed by atoms with Gasteiger partial charge in [-0.05, 0) is 83.2 Å². The summed E-state index contributed by atoms with van der Waals surface area (Å²) >= 11 is 0. The van der Waals surface area contributed by atoms with Crippen molar-refractivity contribution >= 4 is 5.84 Å². The highest BCUT2D eigenvalue weighted by Crippen LogP contribution is 2.33. The number of hydrogen-bond donors (Lipinski definition) is 1. The highest BCUT2D eigenvalue weighted by molar-refractivity contribution is 5.82. The molecule has 0 aromatic rings. The van der Waals surface area contributed by atoms with Crippen LogP contribution in [-0.2, 0) is 4.84 Å².